The third-order valence-corrected chi connectivity index (χ3v) is 2.33. The van der Waals surface area contributed by atoms with E-state index in [0.717, 1.165) is 0 Å². The van der Waals surface area contributed by atoms with Crippen molar-refractivity contribution >= 4 is 5.69 Å². The molecule has 0 bridgehead atoms. The highest BCUT2D eigenvalue weighted by molar-refractivity contribution is 5.43. The zero-order valence-electron chi connectivity index (χ0n) is 9.45. The van der Waals surface area contributed by atoms with Crippen molar-refractivity contribution in [2.75, 3.05) is 0 Å². The second-order valence-electron chi connectivity index (χ2n) is 3.57. The highest BCUT2D eigenvalue weighted by Gasteiger charge is 2.01. The number of benzene rings is 2. The summed E-state index contributed by atoms with van der Waals surface area (Å²) in [6, 6.07) is 13.1. The zero-order chi connectivity index (χ0) is 12.8. The van der Waals surface area contributed by atoms with Gasteiger partial charge in [-0.1, -0.05) is 35.4 Å². The Hall–Kier alpha value is -2.52. The standard InChI is InChI=1S/C13H10FN3O/c14-13-7-2-1-4-10(13)9-18-12-6-3-5-11(8-12)16-17-15/h1-8H,9H2. The predicted molar refractivity (Wildman–Crippen MR) is 66.0 cm³/mol. The van der Waals surface area contributed by atoms with Gasteiger partial charge in [-0.05, 0) is 23.7 Å². The fourth-order valence-corrected chi connectivity index (χ4v) is 1.46. The average molecular weight is 243 g/mol. The smallest absolute Gasteiger partial charge is 0.129 e. The molecule has 90 valence electrons. The van der Waals surface area contributed by atoms with Crippen molar-refractivity contribution in [1.82, 2.24) is 0 Å². The minimum absolute atomic E-state index is 0.131. The van der Waals surface area contributed by atoms with Crippen LogP contribution in [0.25, 0.3) is 10.4 Å². The first-order valence-electron chi connectivity index (χ1n) is 5.31. The van der Waals surface area contributed by atoms with Crippen molar-refractivity contribution in [2.45, 2.75) is 6.61 Å². The number of azide groups is 1. The Morgan fingerprint density at radius 1 is 1.17 bits per heavy atom. The van der Waals surface area contributed by atoms with Crippen LogP contribution in [-0.4, -0.2) is 0 Å². The molecule has 2 aromatic rings. The maximum absolute atomic E-state index is 13.3. The van der Waals surface area contributed by atoms with Crippen LogP contribution in [0.15, 0.2) is 53.6 Å². The van der Waals surface area contributed by atoms with E-state index in [4.69, 9.17) is 10.3 Å². The zero-order valence-corrected chi connectivity index (χ0v) is 9.45. The molecule has 2 rings (SSSR count). The first-order chi connectivity index (χ1) is 8.79. The fraction of sp³-hybridized carbons (Fsp3) is 0.0769. The van der Waals surface area contributed by atoms with Gasteiger partial charge >= 0.3 is 0 Å². The second kappa shape index (κ2) is 5.70. The Morgan fingerprint density at radius 3 is 2.78 bits per heavy atom. The molecule has 0 heterocycles. The third-order valence-electron chi connectivity index (χ3n) is 2.33. The summed E-state index contributed by atoms with van der Waals surface area (Å²) in [5, 5.41) is 3.47. The van der Waals surface area contributed by atoms with E-state index in [1.807, 2.05) is 0 Å². The number of hydrogen-bond acceptors (Lipinski definition) is 2. The van der Waals surface area contributed by atoms with Gasteiger partial charge in [0.25, 0.3) is 0 Å². The highest BCUT2D eigenvalue weighted by Crippen LogP contribution is 2.21. The van der Waals surface area contributed by atoms with E-state index in [1.165, 1.54) is 6.07 Å². The predicted octanol–water partition coefficient (Wildman–Crippen LogP) is 4.35. The van der Waals surface area contributed by atoms with Gasteiger partial charge in [-0.25, -0.2) is 4.39 Å². The van der Waals surface area contributed by atoms with Crippen LogP contribution in [0.5, 0.6) is 5.75 Å². The van der Waals surface area contributed by atoms with E-state index in [0.29, 0.717) is 17.0 Å². The molecular formula is C13H10FN3O. The van der Waals surface area contributed by atoms with Gasteiger partial charge < -0.3 is 4.74 Å². The second-order valence-corrected chi connectivity index (χ2v) is 3.57. The lowest BCUT2D eigenvalue weighted by Crippen LogP contribution is -1.97. The molecule has 5 heteroatoms. The van der Waals surface area contributed by atoms with Gasteiger partial charge in [0.1, 0.15) is 18.2 Å². The summed E-state index contributed by atoms with van der Waals surface area (Å²) < 4.78 is 18.8. The van der Waals surface area contributed by atoms with Crippen LogP contribution in [0.1, 0.15) is 5.56 Å². The molecule has 0 amide bonds. The number of rotatable bonds is 4. The molecule has 0 saturated carbocycles. The van der Waals surface area contributed by atoms with Gasteiger partial charge in [0.05, 0.1) is 0 Å². The minimum Gasteiger partial charge on any atom is -0.489 e. The average Bonchev–Trinajstić information content (AvgIpc) is 2.39. The van der Waals surface area contributed by atoms with E-state index >= 15 is 0 Å². The third kappa shape index (κ3) is 2.99. The van der Waals surface area contributed by atoms with Gasteiger partial charge in [-0.2, -0.15) is 0 Å². The van der Waals surface area contributed by atoms with Crippen LogP contribution < -0.4 is 4.74 Å². The normalized spacial score (nSPS) is 9.61. The summed E-state index contributed by atoms with van der Waals surface area (Å²) in [6.07, 6.45) is 0. The molecular weight excluding hydrogens is 233 g/mol. The summed E-state index contributed by atoms with van der Waals surface area (Å²) in [6.45, 7) is 0.131. The molecule has 0 aliphatic heterocycles. The molecule has 4 nitrogen and oxygen atoms in total. The molecule has 0 aromatic heterocycles. The maximum Gasteiger partial charge on any atom is 0.129 e. The molecule has 0 radical (unpaired) electrons. The van der Waals surface area contributed by atoms with E-state index in [9.17, 15) is 4.39 Å². The largest absolute Gasteiger partial charge is 0.489 e. The van der Waals surface area contributed by atoms with Crippen molar-refractivity contribution in [2.24, 2.45) is 5.11 Å². The Bertz CT molecular complexity index is 594. The molecule has 0 fully saturated rings. The van der Waals surface area contributed by atoms with Gasteiger partial charge in [0, 0.05) is 16.2 Å². The number of halogens is 1. The molecule has 0 atom stereocenters. The summed E-state index contributed by atoms with van der Waals surface area (Å²) in [7, 11) is 0. The Labute approximate surface area is 103 Å². The molecule has 0 aliphatic carbocycles. The lowest BCUT2D eigenvalue weighted by molar-refractivity contribution is 0.300. The molecule has 0 unspecified atom stereocenters. The Kier molecular flexibility index (Phi) is 3.79. The van der Waals surface area contributed by atoms with Crippen LogP contribution in [0.2, 0.25) is 0 Å². The first kappa shape index (κ1) is 12.0. The number of ether oxygens (including phenoxy) is 1. The van der Waals surface area contributed by atoms with Gasteiger partial charge in [-0.3, -0.25) is 0 Å². The summed E-state index contributed by atoms with van der Waals surface area (Å²) in [4.78, 5) is 2.69. The fourth-order valence-electron chi connectivity index (χ4n) is 1.46. The Balaban J connectivity index is 2.08. The summed E-state index contributed by atoms with van der Waals surface area (Å²) >= 11 is 0. The maximum atomic E-state index is 13.3. The van der Waals surface area contributed by atoms with Crippen molar-refractivity contribution in [1.29, 1.82) is 0 Å². The Morgan fingerprint density at radius 2 is 2.00 bits per heavy atom. The summed E-state index contributed by atoms with van der Waals surface area (Å²) in [5.41, 5.74) is 9.26. The monoisotopic (exact) mass is 243 g/mol. The van der Waals surface area contributed by atoms with Crippen molar-refractivity contribution < 1.29 is 9.13 Å². The lowest BCUT2D eigenvalue weighted by Gasteiger charge is -2.07. The molecule has 18 heavy (non-hydrogen) atoms. The van der Waals surface area contributed by atoms with Crippen LogP contribution >= 0.6 is 0 Å². The van der Waals surface area contributed by atoms with Crippen molar-refractivity contribution in [3.63, 3.8) is 0 Å². The molecule has 0 aliphatic rings. The van der Waals surface area contributed by atoms with Crippen LogP contribution in [0, 0.1) is 5.82 Å². The molecule has 2 aromatic carbocycles. The lowest BCUT2D eigenvalue weighted by atomic mass is 10.2. The van der Waals surface area contributed by atoms with Crippen LogP contribution in [0.3, 0.4) is 0 Å². The highest BCUT2D eigenvalue weighted by atomic mass is 19.1. The quantitative estimate of drug-likeness (QED) is 0.447. The summed E-state index contributed by atoms with van der Waals surface area (Å²) in [5.74, 6) is 0.229. The number of hydrogen-bond donors (Lipinski definition) is 0. The topological polar surface area (TPSA) is 58.0 Å². The number of nitrogens with zero attached hydrogens (tertiary/aromatic N) is 3. The minimum atomic E-state index is -0.302. The van der Waals surface area contributed by atoms with Gasteiger partial charge in [0.2, 0.25) is 0 Å². The van der Waals surface area contributed by atoms with E-state index in [-0.39, 0.29) is 12.4 Å². The molecule has 0 N–H and O–H groups in total. The SMILES string of the molecule is [N-]=[N+]=Nc1cccc(OCc2ccccc2F)c1. The molecule has 0 saturated heterocycles. The molecule has 0 spiro atoms. The van der Waals surface area contributed by atoms with Crippen LogP contribution in [0.4, 0.5) is 10.1 Å². The van der Waals surface area contributed by atoms with Crippen LogP contribution in [-0.2, 0) is 6.61 Å². The van der Waals surface area contributed by atoms with Gasteiger partial charge in [0.15, 0.2) is 0 Å². The van der Waals surface area contributed by atoms with E-state index in [2.05, 4.69) is 10.0 Å². The first-order valence-corrected chi connectivity index (χ1v) is 5.31. The van der Waals surface area contributed by atoms with Crippen molar-refractivity contribution in [3.8, 4) is 5.75 Å². The van der Waals surface area contributed by atoms with Crippen molar-refractivity contribution in [3.05, 3.63) is 70.4 Å². The van der Waals surface area contributed by atoms with Gasteiger partial charge in [-0.15, -0.1) is 0 Å². The van der Waals surface area contributed by atoms with E-state index < -0.39 is 0 Å². The van der Waals surface area contributed by atoms with E-state index in [1.54, 1.807) is 42.5 Å².